The Morgan fingerprint density at radius 2 is 1.81 bits per heavy atom. The highest BCUT2D eigenvalue weighted by atomic mass is 16.5. The van der Waals surface area contributed by atoms with Gasteiger partial charge in [-0.25, -0.2) is 0 Å². The van der Waals surface area contributed by atoms with Crippen LogP contribution in [0.4, 0.5) is 0 Å². The molecule has 0 bridgehead atoms. The molecule has 0 amide bonds. The van der Waals surface area contributed by atoms with Crippen molar-refractivity contribution < 1.29 is 4.74 Å². The van der Waals surface area contributed by atoms with Crippen molar-refractivity contribution in [2.45, 2.75) is 31.7 Å². The topological polar surface area (TPSA) is 21.3 Å². The normalized spacial score (nSPS) is 18.4. The summed E-state index contributed by atoms with van der Waals surface area (Å²) < 4.78 is 5.93. The van der Waals surface area contributed by atoms with Gasteiger partial charge in [-0.15, -0.1) is 0 Å². The number of hydrogen-bond acceptors (Lipinski definition) is 2. The number of rotatable bonds is 5. The summed E-state index contributed by atoms with van der Waals surface area (Å²) in [6, 6.07) is 19.4. The van der Waals surface area contributed by atoms with Gasteiger partial charge in [0.05, 0.1) is 6.61 Å². The molecule has 0 aromatic heterocycles. The minimum absolute atomic E-state index is 0.635. The van der Waals surface area contributed by atoms with E-state index in [0.717, 1.165) is 25.3 Å². The number of benzene rings is 2. The highest BCUT2D eigenvalue weighted by Gasteiger charge is 2.12. The molecule has 1 N–H and O–H groups in total. The molecule has 0 spiro atoms. The molecule has 2 aromatic rings. The van der Waals surface area contributed by atoms with Gasteiger partial charge in [0.1, 0.15) is 5.75 Å². The van der Waals surface area contributed by atoms with Crippen LogP contribution in [0.2, 0.25) is 0 Å². The van der Waals surface area contributed by atoms with E-state index in [-0.39, 0.29) is 0 Å². The van der Waals surface area contributed by atoms with Gasteiger partial charge in [0.2, 0.25) is 0 Å². The highest BCUT2D eigenvalue weighted by molar-refractivity contribution is 5.64. The van der Waals surface area contributed by atoms with Crippen LogP contribution in [0.3, 0.4) is 0 Å². The number of hydrogen-bond donors (Lipinski definition) is 1. The van der Waals surface area contributed by atoms with Gasteiger partial charge in [-0.2, -0.15) is 0 Å². The zero-order chi connectivity index (χ0) is 14.3. The van der Waals surface area contributed by atoms with Gasteiger partial charge in [-0.3, -0.25) is 0 Å². The maximum absolute atomic E-state index is 5.93. The van der Waals surface area contributed by atoms with Gasteiger partial charge < -0.3 is 10.1 Å². The smallest absolute Gasteiger partial charge is 0.119 e. The first kappa shape index (κ1) is 14.2. The molecule has 2 nitrogen and oxygen atoms in total. The summed E-state index contributed by atoms with van der Waals surface area (Å²) in [6.07, 6.45) is 5.04. The Morgan fingerprint density at radius 1 is 0.952 bits per heavy atom. The first-order valence-electron chi connectivity index (χ1n) is 7.93. The van der Waals surface area contributed by atoms with Crippen LogP contribution in [-0.4, -0.2) is 19.2 Å². The lowest BCUT2D eigenvalue weighted by molar-refractivity contribution is 0.268. The van der Waals surface area contributed by atoms with Gasteiger partial charge in [0.25, 0.3) is 0 Å². The molecule has 0 aliphatic carbocycles. The Labute approximate surface area is 127 Å². The third-order valence-electron chi connectivity index (χ3n) is 4.09. The second-order valence-corrected chi connectivity index (χ2v) is 5.68. The van der Waals surface area contributed by atoms with Crippen molar-refractivity contribution >= 4 is 0 Å². The second-order valence-electron chi connectivity index (χ2n) is 5.68. The van der Waals surface area contributed by atoms with Crippen LogP contribution in [-0.2, 0) is 0 Å². The molecular formula is C19H23NO. The average Bonchev–Trinajstić information content (AvgIpc) is 2.57. The Kier molecular flexibility index (Phi) is 4.90. The molecule has 21 heavy (non-hydrogen) atoms. The Hall–Kier alpha value is -1.80. The zero-order valence-electron chi connectivity index (χ0n) is 12.4. The molecule has 3 rings (SSSR count). The lowest BCUT2D eigenvalue weighted by atomic mass is 10.0. The van der Waals surface area contributed by atoms with Crippen LogP contribution in [0.5, 0.6) is 5.75 Å². The predicted molar refractivity (Wildman–Crippen MR) is 87.6 cm³/mol. The van der Waals surface area contributed by atoms with E-state index in [4.69, 9.17) is 4.74 Å². The molecule has 0 unspecified atom stereocenters. The summed E-state index contributed by atoms with van der Waals surface area (Å²) in [5.74, 6) is 0.965. The zero-order valence-corrected chi connectivity index (χ0v) is 12.4. The Morgan fingerprint density at radius 3 is 2.62 bits per heavy atom. The van der Waals surface area contributed by atoms with Crippen molar-refractivity contribution in [3.05, 3.63) is 54.6 Å². The van der Waals surface area contributed by atoms with Crippen LogP contribution in [0.1, 0.15) is 25.7 Å². The van der Waals surface area contributed by atoms with Gasteiger partial charge in [-0.1, -0.05) is 48.9 Å². The number of ether oxygens (including phenoxy) is 1. The summed E-state index contributed by atoms with van der Waals surface area (Å²) in [7, 11) is 0. The molecule has 2 aromatic carbocycles. The van der Waals surface area contributed by atoms with Crippen LogP contribution in [0.15, 0.2) is 54.6 Å². The quantitative estimate of drug-likeness (QED) is 0.884. The third-order valence-corrected chi connectivity index (χ3v) is 4.09. The number of piperidine rings is 1. The fourth-order valence-electron chi connectivity index (χ4n) is 2.89. The molecule has 1 aliphatic rings. The van der Waals surface area contributed by atoms with Gasteiger partial charge in [0, 0.05) is 6.04 Å². The third kappa shape index (κ3) is 4.08. The van der Waals surface area contributed by atoms with E-state index in [1.54, 1.807) is 0 Å². The fraction of sp³-hybridized carbons (Fsp3) is 0.368. The predicted octanol–water partition coefficient (Wildman–Crippen LogP) is 4.26. The van der Waals surface area contributed by atoms with E-state index in [9.17, 15) is 0 Å². The summed E-state index contributed by atoms with van der Waals surface area (Å²) in [4.78, 5) is 0. The summed E-state index contributed by atoms with van der Waals surface area (Å²) in [5, 5.41) is 3.56. The Balaban J connectivity index is 1.56. The second kappa shape index (κ2) is 7.28. The monoisotopic (exact) mass is 281 g/mol. The van der Waals surface area contributed by atoms with Gasteiger partial charge in [0.15, 0.2) is 0 Å². The molecule has 2 heteroatoms. The van der Waals surface area contributed by atoms with Crippen LogP contribution in [0.25, 0.3) is 11.1 Å². The SMILES string of the molecule is c1ccc(-c2cccc(OCC[C@@H]3CCCCN3)c2)cc1. The minimum Gasteiger partial charge on any atom is -0.494 e. The maximum Gasteiger partial charge on any atom is 0.119 e. The summed E-state index contributed by atoms with van der Waals surface area (Å²) in [6.45, 7) is 1.95. The molecular weight excluding hydrogens is 258 g/mol. The minimum atomic E-state index is 0.635. The largest absolute Gasteiger partial charge is 0.494 e. The first-order valence-corrected chi connectivity index (χ1v) is 7.93. The number of nitrogens with one attached hydrogen (secondary N) is 1. The van der Waals surface area contributed by atoms with Crippen LogP contribution >= 0.6 is 0 Å². The maximum atomic E-state index is 5.93. The van der Waals surface area contributed by atoms with Crippen LogP contribution in [0, 0.1) is 0 Å². The lowest BCUT2D eigenvalue weighted by Gasteiger charge is -2.23. The molecule has 0 radical (unpaired) electrons. The van der Waals surface area contributed by atoms with Crippen molar-refractivity contribution in [2.75, 3.05) is 13.2 Å². The summed E-state index contributed by atoms with van der Waals surface area (Å²) in [5.41, 5.74) is 2.45. The standard InChI is InChI=1S/C19H23NO/c1-2-7-16(8-3-1)17-9-6-11-19(15-17)21-14-12-18-10-4-5-13-20-18/h1-3,6-9,11,15,18,20H,4-5,10,12-14H2/t18-/m0/s1. The molecule has 1 atom stereocenters. The van der Waals surface area contributed by atoms with Crippen molar-refractivity contribution in [3.63, 3.8) is 0 Å². The molecule has 1 heterocycles. The molecule has 1 fully saturated rings. The van der Waals surface area contributed by atoms with Crippen molar-refractivity contribution in [2.24, 2.45) is 0 Å². The van der Waals surface area contributed by atoms with Gasteiger partial charge in [-0.05, 0) is 49.1 Å². The van der Waals surface area contributed by atoms with E-state index < -0.39 is 0 Å². The van der Waals surface area contributed by atoms with E-state index in [0.29, 0.717) is 6.04 Å². The fourth-order valence-corrected chi connectivity index (χ4v) is 2.89. The van der Waals surface area contributed by atoms with E-state index in [1.807, 2.05) is 12.1 Å². The van der Waals surface area contributed by atoms with E-state index in [2.05, 4.69) is 47.8 Å². The van der Waals surface area contributed by atoms with E-state index >= 15 is 0 Å². The average molecular weight is 281 g/mol. The van der Waals surface area contributed by atoms with E-state index in [1.165, 1.54) is 30.4 Å². The van der Waals surface area contributed by atoms with Gasteiger partial charge >= 0.3 is 0 Å². The van der Waals surface area contributed by atoms with Crippen LogP contribution < -0.4 is 10.1 Å². The highest BCUT2D eigenvalue weighted by Crippen LogP contribution is 2.23. The van der Waals surface area contributed by atoms with Crippen molar-refractivity contribution in [1.29, 1.82) is 0 Å². The lowest BCUT2D eigenvalue weighted by Crippen LogP contribution is -2.35. The van der Waals surface area contributed by atoms with Crippen molar-refractivity contribution in [1.82, 2.24) is 5.32 Å². The summed E-state index contributed by atoms with van der Waals surface area (Å²) >= 11 is 0. The molecule has 1 aliphatic heterocycles. The molecule has 0 saturated carbocycles. The molecule has 110 valence electrons. The Bertz CT molecular complexity index is 547. The van der Waals surface area contributed by atoms with Crippen molar-refractivity contribution in [3.8, 4) is 16.9 Å². The molecule has 1 saturated heterocycles. The first-order chi connectivity index (χ1) is 10.4.